The molecule has 2 rings (SSSR count). The molecule has 1 N–H and O–H groups in total. The van der Waals surface area contributed by atoms with Gasteiger partial charge in [0.15, 0.2) is 0 Å². The predicted molar refractivity (Wildman–Crippen MR) is 77.1 cm³/mol. The fourth-order valence-electron chi connectivity index (χ4n) is 1.21. The van der Waals surface area contributed by atoms with Gasteiger partial charge in [-0.2, -0.15) is 0 Å². The van der Waals surface area contributed by atoms with Crippen molar-refractivity contribution >= 4 is 59.3 Å². The summed E-state index contributed by atoms with van der Waals surface area (Å²) in [5.41, 5.74) is 0.960. The van der Waals surface area contributed by atoms with Crippen LogP contribution >= 0.6 is 47.8 Å². The highest BCUT2D eigenvalue weighted by molar-refractivity contribution is 9.11. The van der Waals surface area contributed by atoms with Crippen LogP contribution in [-0.2, 0) is 0 Å². The zero-order chi connectivity index (χ0) is 11.5. The number of rotatable bonds is 2. The van der Waals surface area contributed by atoms with Crippen LogP contribution in [0.1, 0.15) is 0 Å². The molecular weight excluding hydrogens is 400 g/mol. The second-order valence-electron chi connectivity index (χ2n) is 3.06. The van der Waals surface area contributed by atoms with Gasteiger partial charge in [-0.3, -0.25) is 0 Å². The summed E-state index contributed by atoms with van der Waals surface area (Å²) < 4.78 is 2.90. The number of nitrogens with zero attached hydrogens (tertiary/aromatic N) is 1. The zero-order valence-electron chi connectivity index (χ0n) is 8.05. The summed E-state index contributed by atoms with van der Waals surface area (Å²) in [6.45, 7) is 0. The summed E-state index contributed by atoms with van der Waals surface area (Å²) in [5.74, 6) is 0.787. The lowest BCUT2D eigenvalue weighted by molar-refractivity contribution is 1.28. The Morgan fingerprint density at radius 1 is 0.875 bits per heavy atom. The molecule has 0 fully saturated rings. The van der Waals surface area contributed by atoms with Crippen molar-refractivity contribution in [2.45, 2.75) is 0 Å². The van der Waals surface area contributed by atoms with Gasteiger partial charge in [0.1, 0.15) is 5.82 Å². The van der Waals surface area contributed by atoms with Crippen molar-refractivity contribution in [1.82, 2.24) is 4.98 Å². The highest BCUT2D eigenvalue weighted by Gasteiger charge is 2.07. The highest BCUT2D eigenvalue weighted by atomic mass is 79.9. The fraction of sp³-hybridized carbons (Fsp3) is 0. The minimum absolute atomic E-state index is 0.787. The maximum absolute atomic E-state index is 4.26. The van der Waals surface area contributed by atoms with Crippen molar-refractivity contribution in [3.8, 4) is 0 Å². The van der Waals surface area contributed by atoms with E-state index in [-0.39, 0.29) is 0 Å². The second-order valence-corrected chi connectivity index (χ2v) is 5.62. The number of anilines is 2. The number of benzene rings is 1. The largest absolute Gasteiger partial charge is 0.337 e. The molecule has 0 spiro atoms. The van der Waals surface area contributed by atoms with Crippen molar-refractivity contribution in [1.29, 1.82) is 0 Å². The van der Waals surface area contributed by atoms with E-state index < -0.39 is 0 Å². The lowest BCUT2D eigenvalue weighted by Gasteiger charge is -2.10. The van der Waals surface area contributed by atoms with Gasteiger partial charge >= 0.3 is 0 Å². The molecule has 0 amide bonds. The molecule has 5 heteroatoms. The summed E-state index contributed by atoms with van der Waals surface area (Å²) in [5, 5.41) is 3.26. The molecule has 16 heavy (non-hydrogen) atoms. The van der Waals surface area contributed by atoms with Gasteiger partial charge in [0, 0.05) is 15.1 Å². The van der Waals surface area contributed by atoms with Crippen LogP contribution in [0.3, 0.4) is 0 Å². The Bertz CT molecular complexity index is 494. The summed E-state index contributed by atoms with van der Waals surface area (Å²) in [4.78, 5) is 4.26. The Balaban J connectivity index is 2.38. The number of nitrogens with one attached hydrogen (secondary N) is 1. The van der Waals surface area contributed by atoms with Crippen LogP contribution in [0, 0.1) is 0 Å². The number of para-hydroxylation sites is 1. The quantitative estimate of drug-likeness (QED) is 0.749. The molecule has 0 atom stereocenters. The van der Waals surface area contributed by atoms with E-state index in [4.69, 9.17) is 0 Å². The van der Waals surface area contributed by atoms with Gasteiger partial charge in [-0.15, -0.1) is 0 Å². The summed E-state index contributed by atoms with van der Waals surface area (Å²) in [7, 11) is 0. The molecule has 0 aliphatic rings. The SMILES string of the molecule is Brc1cccnc1Nc1c(Br)cccc1Br. The normalized spacial score (nSPS) is 10.2. The van der Waals surface area contributed by atoms with E-state index in [9.17, 15) is 0 Å². The minimum Gasteiger partial charge on any atom is -0.337 e. The molecular formula is C11H7Br3N2. The van der Waals surface area contributed by atoms with Crippen LogP contribution in [0.4, 0.5) is 11.5 Å². The molecule has 2 aromatic rings. The molecule has 1 aromatic heterocycles. The highest BCUT2D eigenvalue weighted by Crippen LogP contribution is 2.34. The minimum atomic E-state index is 0.787. The van der Waals surface area contributed by atoms with Crippen molar-refractivity contribution in [2.24, 2.45) is 0 Å². The van der Waals surface area contributed by atoms with Crippen molar-refractivity contribution in [3.63, 3.8) is 0 Å². The molecule has 0 unspecified atom stereocenters. The average Bonchev–Trinajstić information content (AvgIpc) is 2.26. The third-order valence-corrected chi connectivity index (χ3v) is 3.93. The number of hydrogen-bond acceptors (Lipinski definition) is 2. The summed E-state index contributed by atoms with van der Waals surface area (Å²) in [6.07, 6.45) is 1.75. The van der Waals surface area contributed by atoms with E-state index in [1.165, 1.54) is 0 Å². The lowest BCUT2D eigenvalue weighted by atomic mass is 10.3. The fourth-order valence-corrected chi connectivity index (χ4v) is 2.76. The van der Waals surface area contributed by atoms with Crippen LogP contribution in [0.15, 0.2) is 49.9 Å². The summed E-state index contributed by atoms with van der Waals surface area (Å²) in [6, 6.07) is 9.74. The molecule has 0 aliphatic heterocycles. The lowest BCUT2D eigenvalue weighted by Crippen LogP contribution is -1.95. The van der Waals surface area contributed by atoms with E-state index in [0.29, 0.717) is 0 Å². The van der Waals surface area contributed by atoms with E-state index >= 15 is 0 Å². The molecule has 2 nitrogen and oxygen atoms in total. The Kier molecular flexibility index (Phi) is 4.00. The van der Waals surface area contributed by atoms with Crippen molar-refractivity contribution in [2.75, 3.05) is 5.32 Å². The van der Waals surface area contributed by atoms with Gasteiger partial charge < -0.3 is 5.32 Å². The second kappa shape index (κ2) is 5.29. The van der Waals surface area contributed by atoms with Gasteiger partial charge in [0.2, 0.25) is 0 Å². The third kappa shape index (κ3) is 2.64. The first kappa shape index (κ1) is 12.1. The zero-order valence-corrected chi connectivity index (χ0v) is 12.8. The van der Waals surface area contributed by atoms with Crippen LogP contribution in [0.2, 0.25) is 0 Å². The molecule has 0 radical (unpaired) electrons. The third-order valence-electron chi connectivity index (χ3n) is 1.96. The van der Waals surface area contributed by atoms with Gasteiger partial charge in [-0.1, -0.05) is 6.07 Å². The first-order valence-electron chi connectivity index (χ1n) is 4.50. The standard InChI is InChI=1S/C11H7Br3N2/c12-7-3-1-4-8(13)10(7)16-11-9(14)5-2-6-15-11/h1-6H,(H,15,16). The maximum atomic E-state index is 4.26. The van der Waals surface area contributed by atoms with E-state index in [0.717, 1.165) is 24.9 Å². The van der Waals surface area contributed by atoms with Crippen LogP contribution < -0.4 is 5.32 Å². The average molecular weight is 407 g/mol. The molecule has 82 valence electrons. The number of aromatic nitrogens is 1. The van der Waals surface area contributed by atoms with E-state index in [1.807, 2.05) is 30.3 Å². The number of halogens is 3. The monoisotopic (exact) mass is 404 g/mol. The van der Waals surface area contributed by atoms with Crippen molar-refractivity contribution in [3.05, 3.63) is 49.9 Å². The molecule has 0 bridgehead atoms. The maximum Gasteiger partial charge on any atom is 0.144 e. The van der Waals surface area contributed by atoms with Gasteiger partial charge in [0.05, 0.1) is 10.2 Å². The number of hydrogen-bond donors (Lipinski definition) is 1. The predicted octanol–water partition coefficient (Wildman–Crippen LogP) is 5.11. The Hall–Kier alpha value is -0.390. The van der Waals surface area contributed by atoms with E-state index in [2.05, 4.69) is 58.1 Å². The topological polar surface area (TPSA) is 24.9 Å². The van der Waals surface area contributed by atoms with Crippen LogP contribution in [-0.4, -0.2) is 4.98 Å². The van der Waals surface area contributed by atoms with Gasteiger partial charge in [0.25, 0.3) is 0 Å². The number of pyridine rings is 1. The van der Waals surface area contributed by atoms with Gasteiger partial charge in [-0.05, 0) is 72.1 Å². The smallest absolute Gasteiger partial charge is 0.144 e. The first-order valence-corrected chi connectivity index (χ1v) is 6.88. The Labute approximate surface area is 119 Å². The molecule has 0 saturated heterocycles. The van der Waals surface area contributed by atoms with Crippen molar-refractivity contribution < 1.29 is 0 Å². The first-order chi connectivity index (χ1) is 7.68. The van der Waals surface area contributed by atoms with Crippen LogP contribution in [0.5, 0.6) is 0 Å². The van der Waals surface area contributed by atoms with Gasteiger partial charge in [-0.25, -0.2) is 4.98 Å². The molecule has 0 saturated carbocycles. The van der Waals surface area contributed by atoms with Crippen LogP contribution in [0.25, 0.3) is 0 Å². The Morgan fingerprint density at radius 3 is 2.12 bits per heavy atom. The molecule has 1 aromatic carbocycles. The summed E-state index contributed by atoms with van der Waals surface area (Å²) >= 11 is 10.4. The van der Waals surface area contributed by atoms with E-state index in [1.54, 1.807) is 6.20 Å². The molecule has 0 aliphatic carbocycles. The Morgan fingerprint density at radius 2 is 1.50 bits per heavy atom. The molecule has 1 heterocycles.